The van der Waals surface area contributed by atoms with Crippen molar-refractivity contribution in [1.29, 1.82) is 0 Å². The van der Waals surface area contributed by atoms with E-state index in [1.54, 1.807) is 0 Å². The van der Waals surface area contributed by atoms with Crippen LogP contribution in [-0.4, -0.2) is 23.1 Å². The number of nitrogens with one attached hydrogen (secondary N) is 1. The standard InChI is InChI=1S/C16H19ClN4/c1-11-5-6-13(9-14(11)17)20-15-10-16(19-12(2)18-15)21-7-3-4-8-21/h5-6,9-10H,3-4,7-8H2,1-2H3,(H,18,19,20). The van der Waals surface area contributed by atoms with Gasteiger partial charge in [-0.1, -0.05) is 17.7 Å². The van der Waals surface area contributed by atoms with Crippen molar-refractivity contribution in [3.8, 4) is 0 Å². The number of rotatable bonds is 3. The third-order valence-corrected chi connectivity index (χ3v) is 4.11. The summed E-state index contributed by atoms with van der Waals surface area (Å²) in [6, 6.07) is 7.93. The van der Waals surface area contributed by atoms with Gasteiger partial charge in [-0.3, -0.25) is 0 Å². The molecule has 1 aliphatic heterocycles. The molecule has 1 aromatic carbocycles. The molecule has 0 spiro atoms. The maximum Gasteiger partial charge on any atom is 0.136 e. The number of aryl methyl sites for hydroxylation is 2. The van der Waals surface area contributed by atoms with Gasteiger partial charge in [-0.05, 0) is 44.4 Å². The van der Waals surface area contributed by atoms with Gasteiger partial charge in [0.2, 0.25) is 0 Å². The zero-order valence-corrected chi connectivity index (χ0v) is 13.1. The highest BCUT2D eigenvalue weighted by molar-refractivity contribution is 6.31. The van der Waals surface area contributed by atoms with Crippen LogP contribution in [0.4, 0.5) is 17.3 Å². The Bertz CT molecular complexity index is 651. The second-order valence-electron chi connectivity index (χ2n) is 5.44. The fraction of sp³-hybridized carbons (Fsp3) is 0.375. The van der Waals surface area contributed by atoms with E-state index < -0.39 is 0 Å². The molecule has 2 aromatic rings. The van der Waals surface area contributed by atoms with Gasteiger partial charge in [0, 0.05) is 29.9 Å². The number of anilines is 3. The molecule has 2 heterocycles. The molecule has 0 radical (unpaired) electrons. The number of nitrogens with zero attached hydrogens (tertiary/aromatic N) is 3. The summed E-state index contributed by atoms with van der Waals surface area (Å²) < 4.78 is 0. The lowest BCUT2D eigenvalue weighted by atomic mass is 10.2. The van der Waals surface area contributed by atoms with Gasteiger partial charge in [-0.25, -0.2) is 9.97 Å². The van der Waals surface area contributed by atoms with E-state index in [2.05, 4.69) is 20.2 Å². The van der Waals surface area contributed by atoms with E-state index in [1.807, 2.05) is 38.1 Å². The third-order valence-electron chi connectivity index (χ3n) is 3.70. The number of aromatic nitrogens is 2. The van der Waals surface area contributed by atoms with Gasteiger partial charge in [-0.15, -0.1) is 0 Å². The first kappa shape index (κ1) is 14.1. The smallest absolute Gasteiger partial charge is 0.136 e. The molecule has 0 bridgehead atoms. The molecule has 21 heavy (non-hydrogen) atoms. The molecule has 0 atom stereocenters. The Balaban J connectivity index is 1.85. The maximum atomic E-state index is 6.17. The Morgan fingerprint density at radius 3 is 2.57 bits per heavy atom. The first-order chi connectivity index (χ1) is 10.1. The minimum Gasteiger partial charge on any atom is -0.356 e. The van der Waals surface area contributed by atoms with Crippen molar-refractivity contribution in [2.45, 2.75) is 26.7 Å². The molecule has 0 aliphatic carbocycles. The monoisotopic (exact) mass is 302 g/mol. The van der Waals surface area contributed by atoms with Gasteiger partial charge in [0.25, 0.3) is 0 Å². The number of benzene rings is 1. The van der Waals surface area contributed by atoms with Gasteiger partial charge in [0.1, 0.15) is 17.5 Å². The summed E-state index contributed by atoms with van der Waals surface area (Å²) in [5.74, 6) is 2.59. The summed E-state index contributed by atoms with van der Waals surface area (Å²) in [6.45, 7) is 6.07. The lowest BCUT2D eigenvalue weighted by Gasteiger charge is -2.18. The predicted octanol–water partition coefficient (Wildman–Crippen LogP) is 4.09. The Morgan fingerprint density at radius 1 is 1.10 bits per heavy atom. The Hall–Kier alpha value is -1.81. The van der Waals surface area contributed by atoms with Gasteiger partial charge in [-0.2, -0.15) is 0 Å². The van der Waals surface area contributed by atoms with E-state index in [0.717, 1.165) is 46.8 Å². The summed E-state index contributed by atoms with van der Waals surface area (Å²) in [4.78, 5) is 11.3. The molecule has 0 amide bonds. The average molecular weight is 303 g/mol. The summed E-state index contributed by atoms with van der Waals surface area (Å²) in [5, 5.41) is 4.07. The first-order valence-electron chi connectivity index (χ1n) is 7.25. The van der Waals surface area contributed by atoms with E-state index in [0.29, 0.717) is 0 Å². The van der Waals surface area contributed by atoms with Gasteiger partial charge in [0.15, 0.2) is 0 Å². The minimum atomic E-state index is 0.755. The van der Waals surface area contributed by atoms with Gasteiger partial charge >= 0.3 is 0 Å². The molecule has 0 unspecified atom stereocenters. The predicted molar refractivity (Wildman–Crippen MR) is 87.7 cm³/mol. The highest BCUT2D eigenvalue weighted by Gasteiger charge is 2.15. The molecule has 5 heteroatoms. The van der Waals surface area contributed by atoms with Gasteiger partial charge < -0.3 is 10.2 Å². The first-order valence-corrected chi connectivity index (χ1v) is 7.63. The molecule has 4 nitrogen and oxygen atoms in total. The highest BCUT2D eigenvalue weighted by atomic mass is 35.5. The van der Waals surface area contributed by atoms with Crippen molar-refractivity contribution in [1.82, 2.24) is 9.97 Å². The molecule has 110 valence electrons. The Labute approximate surface area is 130 Å². The topological polar surface area (TPSA) is 41.1 Å². The lowest BCUT2D eigenvalue weighted by molar-refractivity contribution is 0.912. The second kappa shape index (κ2) is 5.90. The van der Waals surface area contributed by atoms with Crippen LogP contribution in [0, 0.1) is 13.8 Å². The van der Waals surface area contributed by atoms with E-state index in [9.17, 15) is 0 Å². The minimum absolute atomic E-state index is 0.755. The quantitative estimate of drug-likeness (QED) is 0.927. The summed E-state index contributed by atoms with van der Waals surface area (Å²) in [7, 11) is 0. The van der Waals surface area contributed by atoms with Crippen LogP contribution < -0.4 is 10.2 Å². The van der Waals surface area contributed by atoms with E-state index in [4.69, 9.17) is 11.6 Å². The number of hydrogen-bond acceptors (Lipinski definition) is 4. The molecule has 1 aromatic heterocycles. The summed E-state index contributed by atoms with van der Waals surface area (Å²) >= 11 is 6.17. The summed E-state index contributed by atoms with van der Waals surface area (Å²) in [6.07, 6.45) is 2.47. The van der Waals surface area contributed by atoms with Crippen molar-refractivity contribution < 1.29 is 0 Å². The zero-order chi connectivity index (χ0) is 14.8. The van der Waals surface area contributed by atoms with Crippen molar-refractivity contribution in [3.05, 3.63) is 40.7 Å². The average Bonchev–Trinajstić information content (AvgIpc) is 2.96. The van der Waals surface area contributed by atoms with Gasteiger partial charge in [0.05, 0.1) is 0 Å². The molecule has 0 saturated carbocycles. The normalized spacial score (nSPS) is 14.5. The van der Waals surface area contributed by atoms with Crippen molar-refractivity contribution in [3.63, 3.8) is 0 Å². The van der Waals surface area contributed by atoms with Crippen molar-refractivity contribution in [2.24, 2.45) is 0 Å². The lowest BCUT2D eigenvalue weighted by Crippen LogP contribution is -2.19. The number of hydrogen-bond donors (Lipinski definition) is 1. The molecule has 1 N–H and O–H groups in total. The van der Waals surface area contributed by atoms with E-state index >= 15 is 0 Å². The third kappa shape index (κ3) is 3.27. The van der Waals surface area contributed by atoms with Crippen LogP contribution in [0.15, 0.2) is 24.3 Å². The fourth-order valence-corrected chi connectivity index (χ4v) is 2.72. The molecule has 3 rings (SSSR count). The van der Waals surface area contributed by atoms with Crippen LogP contribution in [0.3, 0.4) is 0 Å². The largest absolute Gasteiger partial charge is 0.356 e. The highest BCUT2D eigenvalue weighted by Crippen LogP contribution is 2.25. The van der Waals surface area contributed by atoms with Crippen molar-refractivity contribution >= 4 is 28.9 Å². The second-order valence-corrected chi connectivity index (χ2v) is 5.85. The molecule has 1 saturated heterocycles. The fourth-order valence-electron chi connectivity index (χ4n) is 2.54. The molecular weight excluding hydrogens is 284 g/mol. The zero-order valence-electron chi connectivity index (χ0n) is 12.4. The Kier molecular flexibility index (Phi) is 3.97. The molecular formula is C16H19ClN4. The van der Waals surface area contributed by atoms with Crippen LogP contribution in [0.1, 0.15) is 24.2 Å². The van der Waals surface area contributed by atoms with Crippen LogP contribution in [0.2, 0.25) is 5.02 Å². The van der Waals surface area contributed by atoms with E-state index in [-0.39, 0.29) is 0 Å². The molecule has 1 fully saturated rings. The van der Waals surface area contributed by atoms with Crippen LogP contribution in [0.25, 0.3) is 0 Å². The van der Waals surface area contributed by atoms with E-state index in [1.165, 1.54) is 12.8 Å². The molecule has 1 aliphatic rings. The summed E-state index contributed by atoms with van der Waals surface area (Å²) in [5.41, 5.74) is 2.01. The SMILES string of the molecule is Cc1nc(Nc2ccc(C)c(Cl)c2)cc(N2CCCC2)n1. The van der Waals surface area contributed by atoms with Crippen molar-refractivity contribution in [2.75, 3.05) is 23.3 Å². The maximum absolute atomic E-state index is 6.17. The number of halogens is 1. The van der Waals surface area contributed by atoms with Crippen LogP contribution in [-0.2, 0) is 0 Å². The van der Waals surface area contributed by atoms with Crippen LogP contribution >= 0.6 is 11.6 Å². The van der Waals surface area contributed by atoms with Crippen LogP contribution in [0.5, 0.6) is 0 Å². The Morgan fingerprint density at radius 2 is 1.86 bits per heavy atom.